The molecule has 0 aliphatic carbocycles. The molecule has 1 atom stereocenters. The van der Waals surface area contributed by atoms with Crippen LogP contribution in [0.5, 0.6) is 5.75 Å². The number of ether oxygens (including phenoxy) is 1. The molecule has 0 amide bonds. The lowest BCUT2D eigenvalue weighted by Gasteiger charge is -2.16. The molecule has 0 fully saturated rings. The van der Waals surface area contributed by atoms with Crippen molar-refractivity contribution < 1.29 is 4.74 Å². The standard InChI is InChI=1S/C15H19NOS/c1-12(14-7-3-4-8-15(14)17-2)16-10-9-13-6-5-11-18-13/h3-8,11-12,16H,9-10H2,1-2H3/t12-/m1/s1. The third-order valence-corrected chi connectivity index (χ3v) is 3.94. The predicted molar refractivity (Wildman–Crippen MR) is 77.4 cm³/mol. The third-order valence-electron chi connectivity index (χ3n) is 3.01. The summed E-state index contributed by atoms with van der Waals surface area (Å²) in [6, 6.07) is 12.8. The van der Waals surface area contributed by atoms with Gasteiger partial charge in [0.25, 0.3) is 0 Å². The molecule has 2 rings (SSSR count). The van der Waals surface area contributed by atoms with Crippen LogP contribution in [0, 0.1) is 0 Å². The molecule has 1 aromatic carbocycles. The number of thiophene rings is 1. The van der Waals surface area contributed by atoms with Crippen molar-refractivity contribution in [2.75, 3.05) is 13.7 Å². The number of para-hydroxylation sites is 1. The van der Waals surface area contributed by atoms with Crippen LogP contribution in [0.15, 0.2) is 41.8 Å². The zero-order chi connectivity index (χ0) is 12.8. The van der Waals surface area contributed by atoms with E-state index in [1.54, 1.807) is 7.11 Å². The van der Waals surface area contributed by atoms with Crippen molar-refractivity contribution >= 4 is 11.3 Å². The maximum Gasteiger partial charge on any atom is 0.123 e. The molecule has 1 heterocycles. The minimum Gasteiger partial charge on any atom is -0.496 e. The molecular formula is C15H19NOS. The molecule has 0 radical (unpaired) electrons. The lowest BCUT2D eigenvalue weighted by molar-refractivity contribution is 0.402. The van der Waals surface area contributed by atoms with Crippen molar-refractivity contribution in [2.45, 2.75) is 19.4 Å². The average molecular weight is 261 g/mol. The minimum absolute atomic E-state index is 0.307. The van der Waals surface area contributed by atoms with Gasteiger partial charge in [-0.2, -0.15) is 0 Å². The summed E-state index contributed by atoms with van der Waals surface area (Å²) in [7, 11) is 1.72. The lowest BCUT2D eigenvalue weighted by atomic mass is 10.1. The van der Waals surface area contributed by atoms with Gasteiger partial charge in [0.1, 0.15) is 5.75 Å². The van der Waals surface area contributed by atoms with Crippen molar-refractivity contribution in [3.05, 3.63) is 52.2 Å². The van der Waals surface area contributed by atoms with Crippen molar-refractivity contribution in [1.82, 2.24) is 5.32 Å². The zero-order valence-electron chi connectivity index (χ0n) is 10.8. The number of methoxy groups -OCH3 is 1. The molecule has 0 unspecified atom stereocenters. The fraction of sp³-hybridized carbons (Fsp3) is 0.333. The Kier molecular flexibility index (Phi) is 4.79. The van der Waals surface area contributed by atoms with Crippen LogP contribution in [0.4, 0.5) is 0 Å². The van der Waals surface area contributed by atoms with Gasteiger partial charge < -0.3 is 10.1 Å². The second-order valence-corrected chi connectivity index (χ2v) is 5.28. The smallest absolute Gasteiger partial charge is 0.123 e. The van der Waals surface area contributed by atoms with Gasteiger partial charge in [0.2, 0.25) is 0 Å². The molecule has 2 nitrogen and oxygen atoms in total. The highest BCUT2D eigenvalue weighted by atomic mass is 32.1. The highest BCUT2D eigenvalue weighted by Crippen LogP contribution is 2.24. The zero-order valence-corrected chi connectivity index (χ0v) is 11.7. The van der Waals surface area contributed by atoms with Crippen LogP contribution in [0.2, 0.25) is 0 Å². The van der Waals surface area contributed by atoms with Crippen LogP contribution >= 0.6 is 11.3 Å². The molecule has 0 aliphatic rings. The summed E-state index contributed by atoms with van der Waals surface area (Å²) in [5.74, 6) is 0.952. The Bertz CT molecular complexity index is 467. The molecule has 0 saturated heterocycles. The Morgan fingerprint density at radius 2 is 2.06 bits per heavy atom. The minimum atomic E-state index is 0.307. The Morgan fingerprint density at radius 3 is 2.78 bits per heavy atom. The average Bonchev–Trinajstić information content (AvgIpc) is 2.91. The Labute approximate surface area is 113 Å². The monoisotopic (exact) mass is 261 g/mol. The van der Waals surface area contributed by atoms with E-state index in [9.17, 15) is 0 Å². The highest BCUT2D eigenvalue weighted by molar-refractivity contribution is 7.09. The summed E-state index contributed by atoms with van der Waals surface area (Å²) < 4.78 is 5.38. The van der Waals surface area contributed by atoms with Gasteiger partial charge in [0.15, 0.2) is 0 Å². The van der Waals surface area contributed by atoms with Crippen LogP contribution in [0.1, 0.15) is 23.4 Å². The topological polar surface area (TPSA) is 21.3 Å². The predicted octanol–water partition coefficient (Wildman–Crippen LogP) is 3.65. The first kappa shape index (κ1) is 13.1. The van der Waals surface area contributed by atoms with Crippen molar-refractivity contribution in [1.29, 1.82) is 0 Å². The molecular weight excluding hydrogens is 242 g/mol. The summed E-state index contributed by atoms with van der Waals surface area (Å²) >= 11 is 1.81. The Balaban J connectivity index is 1.89. The summed E-state index contributed by atoms with van der Waals surface area (Å²) in [6.07, 6.45) is 1.08. The first-order chi connectivity index (χ1) is 8.81. The number of rotatable bonds is 6. The van der Waals surface area contributed by atoms with Gasteiger partial charge in [-0.3, -0.25) is 0 Å². The molecule has 0 spiro atoms. The van der Waals surface area contributed by atoms with Crippen LogP contribution in [-0.4, -0.2) is 13.7 Å². The normalized spacial score (nSPS) is 12.3. The Hall–Kier alpha value is -1.32. The van der Waals surface area contributed by atoms with E-state index in [1.165, 1.54) is 10.4 Å². The van der Waals surface area contributed by atoms with Crippen LogP contribution in [0.25, 0.3) is 0 Å². The SMILES string of the molecule is COc1ccccc1[C@@H](C)NCCc1cccs1. The number of nitrogens with one attached hydrogen (secondary N) is 1. The first-order valence-electron chi connectivity index (χ1n) is 6.20. The van der Waals surface area contributed by atoms with Gasteiger partial charge >= 0.3 is 0 Å². The van der Waals surface area contributed by atoms with E-state index < -0.39 is 0 Å². The van der Waals surface area contributed by atoms with E-state index in [2.05, 4.69) is 41.9 Å². The van der Waals surface area contributed by atoms with Gasteiger partial charge in [0.05, 0.1) is 7.11 Å². The largest absolute Gasteiger partial charge is 0.496 e. The summed E-state index contributed by atoms with van der Waals surface area (Å²) in [5.41, 5.74) is 1.21. The molecule has 0 aliphatic heterocycles. The molecule has 0 saturated carbocycles. The number of benzene rings is 1. The van der Waals surface area contributed by atoms with Crippen molar-refractivity contribution in [2.24, 2.45) is 0 Å². The molecule has 18 heavy (non-hydrogen) atoms. The van der Waals surface area contributed by atoms with Gasteiger partial charge in [-0.05, 0) is 30.9 Å². The maximum absolute atomic E-state index is 5.38. The van der Waals surface area contributed by atoms with Crippen molar-refractivity contribution in [3.8, 4) is 5.75 Å². The summed E-state index contributed by atoms with van der Waals surface area (Å²) in [4.78, 5) is 1.43. The second-order valence-electron chi connectivity index (χ2n) is 4.25. The van der Waals surface area contributed by atoms with Crippen molar-refractivity contribution in [3.63, 3.8) is 0 Å². The first-order valence-corrected chi connectivity index (χ1v) is 7.08. The summed E-state index contributed by atoms with van der Waals surface area (Å²) in [5, 5.41) is 5.66. The van der Waals surface area contributed by atoms with Crippen LogP contribution in [0.3, 0.4) is 0 Å². The van der Waals surface area contributed by atoms with Gasteiger partial charge in [-0.25, -0.2) is 0 Å². The van der Waals surface area contributed by atoms with Crippen LogP contribution < -0.4 is 10.1 Å². The second kappa shape index (κ2) is 6.57. The number of hydrogen-bond donors (Lipinski definition) is 1. The number of hydrogen-bond acceptors (Lipinski definition) is 3. The third kappa shape index (κ3) is 3.34. The van der Waals surface area contributed by atoms with Gasteiger partial charge in [-0.15, -0.1) is 11.3 Å². The van der Waals surface area contributed by atoms with Crippen LogP contribution in [-0.2, 0) is 6.42 Å². The molecule has 3 heteroatoms. The molecule has 1 aromatic heterocycles. The molecule has 96 valence electrons. The fourth-order valence-corrected chi connectivity index (χ4v) is 2.71. The van der Waals surface area contributed by atoms with E-state index in [0.717, 1.165) is 18.7 Å². The molecule has 0 bridgehead atoms. The van der Waals surface area contributed by atoms with E-state index in [1.807, 2.05) is 23.5 Å². The van der Waals surface area contributed by atoms with E-state index in [-0.39, 0.29) is 0 Å². The van der Waals surface area contributed by atoms with E-state index >= 15 is 0 Å². The molecule has 2 aromatic rings. The van der Waals surface area contributed by atoms with Gasteiger partial charge in [0, 0.05) is 23.0 Å². The fourth-order valence-electron chi connectivity index (χ4n) is 2.00. The Morgan fingerprint density at radius 1 is 1.22 bits per heavy atom. The lowest BCUT2D eigenvalue weighted by Crippen LogP contribution is -2.21. The molecule has 1 N–H and O–H groups in total. The summed E-state index contributed by atoms with van der Waals surface area (Å²) in [6.45, 7) is 3.16. The van der Waals surface area contributed by atoms with E-state index in [0.29, 0.717) is 6.04 Å². The van der Waals surface area contributed by atoms with E-state index in [4.69, 9.17) is 4.74 Å². The highest BCUT2D eigenvalue weighted by Gasteiger charge is 2.09. The quantitative estimate of drug-likeness (QED) is 0.857. The van der Waals surface area contributed by atoms with Gasteiger partial charge in [-0.1, -0.05) is 24.3 Å². The maximum atomic E-state index is 5.38.